The van der Waals surface area contributed by atoms with Crippen LogP contribution in [0.2, 0.25) is 0 Å². The fourth-order valence-electron chi connectivity index (χ4n) is 3.60. The van der Waals surface area contributed by atoms with Crippen molar-refractivity contribution in [1.82, 2.24) is 30.8 Å². The molecular formula is C21H18N8O6. The summed E-state index contributed by atoms with van der Waals surface area (Å²) in [5.41, 5.74) is 2.10. The number of benzene rings is 2. The highest BCUT2D eigenvalue weighted by atomic mass is 16.5. The van der Waals surface area contributed by atoms with E-state index in [0.29, 0.717) is 28.3 Å². The second-order valence-electron chi connectivity index (χ2n) is 7.52. The molecule has 35 heavy (non-hydrogen) atoms. The van der Waals surface area contributed by atoms with Crippen molar-refractivity contribution in [3.8, 4) is 22.8 Å². The Labute approximate surface area is 195 Å². The normalized spacial score (nSPS) is 16.8. The van der Waals surface area contributed by atoms with Crippen LogP contribution in [0, 0.1) is 0 Å². The molecule has 4 aromatic rings. The number of hydrogen-bond donors (Lipinski definition) is 4. The molecule has 0 bridgehead atoms. The van der Waals surface area contributed by atoms with Gasteiger partial charge in [-0.05, 0) is 41.6 Å². The van der Waals surface area contributed by atoms with E-state index in [4.69, 9.17) is 4.74 Å². The van der Waals surface area contributed by atoms with Crippen LogP contribution in [0.3, 0.4) is 0 Å². The summed E-state index contributed by atoms with van der Waals surface area (Å²) in [6, 6.07) is 13.2. The average molecular weight is 478 g/mol. The lowest BCUT2D eigenvalue weighted by atomic mass is 10.1. The first-order valence-electron chi connectivity index (χ1n) is 10.4. The van der Waals surface area contributed by atoms with Gasteiger partial charge in [0.05, 0.1) is 6.61 Å². The fraction of sp³-hybridized carbons (Fsp3) is 0.190. The second-order valence-corrected chi connectivity index (χ2v) is 7.52. The average Bonchev–Trinajstić information content (AvgIpc) is 3.57. The van der Waals surface area contributed by atoms with Crippen molar-refractivity contribution in [3.05, 3.63) is 59.1 Å². The SMILES string of the molecule is O=C(Nc1ccc(-c2noc(=O)[nH]2)cc1)[C@H](O)[C@H]1OCCN(c2cccc(-c3nn[nH]n3)c2)C1=O. The van der Waals surface area contributed by atoms with E-state index in [0.717, 1.165) is 0 Å². The largest absolute Gasteiger partial charge is 0.439 e. The van der Waals surface area contributed by atoms with E-state index >= 15 is 0 Å². The first-order chi connectivity index (χ1) is 17.0. The quantitative estimate of drug-likeness (QED) is 0.292. The molecule has 14 heteroatoms. The molecule has 2 aromatic heterocycles. The van der Waals surface area contributed by atoms with E-state index in [9.17, 15) is 19.5 Å². The smallest absolute Gasteiger partial charge is 0.380 e. The standard InChI is InChI=1S/C21H18N8O6/c30-15(19(31)22-13-6-4-11(5-7-13)17-23-21(33)35-26-17)16-20(32)29(8-9-34-16)14-3-1-2-12(10-14)18-24-27-28-25-18/h1-7,10,15-16,30H,8-9H2,(H,22,31)(H,23,26,33)(H,24,25,27,28)/t15-,16-/m1/s1. The summed E-state index contributed by atoms with van der Waals surface area (Å²) < 4.78 is 9.91. The minimum Gasteiger partial charge on any atom is -0.380 e. The Hall–Kier alpha value is -4.69. The van der Waals surface area contributed by atoms with E-state index in [1.807, 2.05) is 0 Å². The van der Waals surface area contributed by atoms with Gasteiger partial charge in [0.2, 0.25) is 5.82 Å². The zero-order valence-corrected chi connectivity index (χ0v) is 17.9. The third-order valence-electron chi connectivity index (χ3n) is 5.30. The number of amides is 2. The Morgan fingerprint density at radius 2 is 2.00 bits per heavy atom. The monoisotopic (exact) mass is 478 g/mol. The van der Waals surface area contributed by atoms with Crippen molar-refractivity contribution in [3.63, 3.8) is 0 Å². The number of carbonyl (C=O) groups excluding carboxylic acids is 2. The summed E-state index contributed by atoms with van der Waals surface area (Å²) in [5.74, 6) is -1.46. The third-order valence-corrected chi connectivity index (χ3v) is 5.30. The molecule has 0 unspecified atom stereocenters. The van der Waals surface area contributed by atoms with Gasteiger partial charge < -0.3 is 20.1 Å². The Bertz CT molecular complexity index is 1400. The molecule has 1 aliphatic heterocycles. The number of anilines is 2. The maximum Gasteiger partial charge on any atom is 0.439 e. The lowest BCUT2D eigenvalue weighted by Gasteiger charge is -2.34. The molecule has 1 saturated heterocycles. The van der Waals surface area contributed by atoms with Crippen LogP contribution < -0.4 is 16.0 Å². The number of nitrogens with one attached hydrogen (secondary N) is 3. The number of aliphatic hydroxyl groups excluding tert-OH is 1. The fourth-order valence-corrected chi connectivity index (χ4v) is 3.60. The van der Waals surface area contributed by atoms with Crippen LogP contribution in [-0.2, 0) is 14.3 Å². The van der Waals surface area contributed by atoms with Crippen LogP contribution in [-0.4, -0.2) is 73.0 Å². The van der Waals surface area contributed by atoms with Crippen LogP contribution in [0.25, 0.3) is 22.8 Å². The van der Waals surface area contributed by atoms with Gasteiger partial charge in [0.1, 0.15) is 0 Å². The van der Waals surface area contributed by atoms with Gasteiger partial charge in [0.15, 0.2) is 18.0 Å². The number of morpholine rings is 1. The zero-order chi connectivity index (χ0) is 24.4. The number of carbonyl (C=O) groups is 2. The topological polar surface area (TPSA) is 192 Å². The van der Waals surface area contributed by atoms with Crippen molar-refractivity contribution in [2.24, 2.45) is 0 Å². The minimum absolute atomic E-state index is 0.123. The highest BCUT2D eigenvalue weighted by molar-refractivity contribution is 6.04. The Kier molecular flexibility index (Phi) is 5.87. The molecule has 14 nitrogen and oxygen atoms in total. The van der Waals surface area contributed by atoms with Crippen molar-refractivity contribution in [1.29, 1.82) is 0 Å². The number of aliphatic hydroxyl groups is 1. The van der Waals surface area contributed by atoms with Gasteiger partial charge in [-0.1, -0.05) is 17.3 Å². The van der Waals surface area contributed by atoms with Gasteiger partial charge in [-0.25, -0.2) is 4.79 Å². The van der Waals surface area contributed by atoms with E-state index in [2.05, 4.69) is 40.6 Å². The number of hydrogen-bond acceptors (Lipinski definition) is 10. The first kappa shape index (κ1) is 22.1. The molecule has 1 aliphatic rings. The molecule has 3 heterocycles. The van der Waals surface area contributed by atoms with Gasteiger partial charge in [0, 0.05) is 29.0 Å². The number of nitrogens with zero attached hydrogens (tertiary/aromatic N) is 5. The maximum atomic E-state index is 13.1. The molecule has 5 rings (SSSR count). The number of rotatable bonds is 6. The first-order valence-corrected chi connectivity index (χ1v) is 10.4. The number of aromatic nitrogens is 6. The number of H-pyrrole nitrogens is 2. The van der Waals surface area contributed by atoms with Gasteiger partial charge in [0.25, 0.3) is 11.8 Å². The summed E-state index contributed by atoms with van der Waals surface area (Å²) in [6.45, 7) is 0.364. The lowest BCUT2D eigenvalue weighted by Crippen LogP contribution is -2.55. The molecule has 4 N–H and O–H groups in total. The van der Waals surface area contributed by atoms with Crippen molar-refractivity contribution < 1.29 is 24.0 Å². The summed E-state index contributed by atoms with van der Waals surface area (Å²) in [4.78, 5) is 40.7. The predicted molar refractivity (Wildman–Crippen MR) is 119 cm³/mol. The third kappa shape index (κ3) is 4.55. The molecule has 2 aromatic carbocycles. The Balaban J connectivity index is 1.27. The van der Waals surface area contributed by atoms with Gasteiger partial charge in [-0.2, -0.15) is 5.21 Å². The Morgan fingerprint density at radius 3 is 2.71 bits per heavy atom. The minimum atomic E-state index is -1.75. The number of tetrazole rings is 1. The number of ether oxygens (including phenoxy) is 1. The summed E-state index contributed by atoms with van der Waals surface area (Å²) in [7, 11) is 0. The molecule has 0 saturated carbocycles. The van der Waals surface area contributed by atoms with Gasteiger partial charge in [-0.15, -0.1) is 10.2 Å². The van der Waals surface area contributed by atoms with Crippen molar-refractivity contribution in [2.75, 3.05) is 23.4 Å². The predicted octanol–water partition coefficient (Wildman–Crippen LogP) is -0.0586. The highest BCUT2D eigenvalue weighted by Crippen LogP contribution is 2.25. The van der Waals surface area contributed by atoms with E-state index in [-0.39, 0.29) is 19.0 Å². The van der Waals surface area contributed by atoms with Crippen LogP contribution in [0.4, 0.5) is 11.4 Å². The molecule has 178 valence electrons. The highest BCUT2D eigenvalue weighted by Gasteiger charge is 2.39. The van der Waals surface area contributed by atoms with Crippen LogP contribution >= 0.6 is 0 Å². The molecule has 0 spiro atoms. The summed E-state index contributed by atoms with van der Waals surface area (Å²) in [6.07, 6.45) is -3.14. The number of aromatic amines is 2. The van der Waals surface area contributed by atoms with E-state index < -0.39 is 29.8 Å². The van der Waals surface area contributed by atoms with Gasteiger partial charge in [-0.3, -0.25) is 19.1 Å². The summed E-state index contributed by atoms with van der Waals surface area (Å²) >= 11 is 0. The Morgan fingerprint density at radius 1 is 1.17 bits per heavy atom. The zero-order valence-electron chi connectivity index (χ0n) is 17.9. The molecular weight excluding hydrogens is 460 g/mol. The summed E-state index contributed by atoms with van der Waals surface area (Å²) in [5, 5.41) is 30.5. The molecule has 0 aliphatic carbocycles. The van der Waals surface area contributed by atoms with E-state index in [1.54, 1.807) is 48.5 Å². The molecule has 2 amide bonds. The van der Waals surface area contributed by atoms with Crippen molar-refractivity contribution in [2.45, 2.75) is 12.2 Å². The second kappa shape index (κ2) is 9.28. The maximum absolute atomic E-state index is 13.1. The van der Waals surface area contributed by atoms with E-state index in [1.165, 1.54) is 4.90 Å². The van der Waals surface area contributed by atoms with Crippen LogP contribution in [0.1, 0.15) is 0 Å². The lowest BCUT2D eigenvalue weighted by molar-refractivity contribution is -0.150. The molecule has 0 radical (unpaired) electrons. The van der Waals surface area contributed by atoms with Crippen LogP contribution in [0.15, 0.2) is 57.8 Å². The molecule has 1 fully saturated rings. The molecule has 2 atom stereocenters. The van der Waals surface area contributed by atoms with Crippen LogP contribution in [0.5, 0.6) is 0 Å². The van der Waals surface area contributed by atoms with Crippen molar-refractivity contribution >= 4 is 23.2 Å². The van der Waals surface area contributed by atoms with Gasteiger partial charge >= 0.3 is 5.76 Å².